The molecule has 1 aliphatic heterocycles. The topological polar surface area (TPSA) is 46.5 Å². The molecule has 1 heterocycles. The van der Waals surface area contributed by atoms with Crippen LogP contribution in [-0.2, 0) is 16.1 Å². The fourth-order valence-corrected chi connectivity index (χ4v) is 2.29. The largest absolute Gasteiger partial charge is 0.481 e. The predicted molar refractivity (Wildman–Crippen MR) is 60.8 cm³/mol. The van der Waals surface area contributed by atoms with Crippen LogP contribution in [0.3, 0.4) is 0 Å². The van der Waals surface area contributed by atoms with Crippen molar-refractivity contribution in [3.8, 4) is 0 Å². The molecule has 2 rings (SSSR count). The van der Waals surface area contributed by atoms with Gasteiger partial charge in [0.15, 0.2) is 0 Å². The van der Waals surface area contributed by atoms with Gasteiger partial charge in [0.25, 0.3) is 0 Å². The van der Waals surface area contributed by atoms with Crippen molar-refractivity contribution in [2.45, 2.75) is 18.3 Å². The number of rotatable bonds is 3. The van der Waals surface area contributed by atoms with Crippen molar-refractivity contribution in [1.82, 2.24) is 0 Å². The van der Waals surface area contributed by atoms with Crippen LogP contribution in [0.15, 0.2) is 23.1 Å². The van der Waals surface area contributed by atoms with E-state index in [1.165, 1.54) is 22.8 Å². The second-order valence-corrected chi connectivity index (χ2v) is 4.55. The summed E-state index contributed by atoms with van der Waals surface area (Å²) in [5.41, 5.74) is 2.40. The molecule has 6 heteroatoms. The Labute approximate surface area is 92.9 Å². The molecule has 0 atom stereocenters. The van der Waals surface area contributed by atoms with Gasteiger partial charge in [0.2, 0.25) is 0 Å². The van der Waals surface area contributed by atoms with Crippen LogP contribution in [0.1, 0.15) is 5.56 Å². The van der Waals surface area contributed by atoms with E-state index in [-0.39, 0.29) is 12.7 Å². The van der Waals surface area contributed by atoms with E-state index < -0.39 is 5.97 Å². The zero-order valence-corrected chi connectivity index (χ0v) is 16.3. The molecule has 0 radical (unpaired) electrons. The summed E-state index contributed by atoms with van der Waals surface area (Å²) in [6.45, 7) is 2.81. The molecular formula is C10H11BO3RfS. The third kappa shape index (κ3) is 2.35. The van der Waals surface area contributed by atoms with E-state index in [4.69, 9.17) is 9.76 Å². The Balaban J connectivity index is 0.00000128. The van der Waals surface area contributed by atoms with Gasteiger partial charge in [0.05, 0.1) is 12.4 Å². The Morgan fingerprint density at radius 1 is 1.62 bits per heavy atom. The molecule has 0 saturated carbocycles. The summed E-state index contributed by atoms with van der Waals surface area (Å²) in [5, 5.41) is 8.57. The number of carbonyl (C=O) groups is 1. The van der Waals surface area contributed by atoms with E-state index in [0.717, 1.165) is 4.90 Å². The summed E-state index contributed by atoms with van der Waals surface area (Å²) in [5.74, 6) is -0.682. The first-order valence-electron chi connectivity index (χ1n) is 4.76. The van der Waals surface area contributed by atoms with E-state index in [1.54, 1.807) is 0 Å². The van der Waals surface area contributed by atoms with Gasteiger partial charge in [-0.25, -0.2) is 0 Å². The van der Waals surface area contributed by atoms with E-state index in [1.807, 2.05) is 25.0 Å². The van der Waals surface area contributed by atoms with Crippen molar-refractivity contribution in [3.63, 3.8) is 0 Å². The maximum atomic E-state index is 10.4. The van der Waals surface area contributed by atoms with Crippen molar-refractivity contribution < 1.29 is 14.6 Å². The van der Waals surface area contributed by atoms with Crippen molar-refractivity contribution in [3.05, 3.63) is 23.8 Å². The van der Waals surface area contributed by atoms with Crippen LogP contribution in [0.5, 0.6) is 0 Å². The van der Waals surface area contributed by atoms with Crippen LogP contribution in [0, 0.1) is 0 Å². The number of hydrogen-bond acceptors (Lipinski definition) is 3. The van der Waals surface area contributed by atoms with Crippen LogP contribution >= 0.6 is 11.8 Å². The van der Waals surface area contributed by atoms with Gasteiger partial charge in [0, 0.05) is 4.90 Å². The summed E-state index contributed by atoms with van der Waals surface area (Å²) in [4.78, 5) is 11.4. The minimum absolute atomic E-state index is 0. The molecule has 1 aliphatic rings. The molecule has 16 heavy (non-hydrogen) atoms. The molecule has 0 saturated heterocycles. The van der Waals surface area contributed by atoms with Crippen molar-refractivity contribution in [2.24, 2.45) is 0 Å². The SMILES string of the molecule is CB1OCc2ccc(SCC(=O)O)cc21.[Rf]. The van der Waals surface area contributed by atoms with Gasteiger partial charge in [-0.15, -0.1) is 11.8 Å². The zero-order chi connectivity index (χ0) is 10.8. The Morgan fingerprint density at radius 2 is 2.38 bits per heavy atom. The second-order valence-electron chi connectivity index (χ2n) is 3.50. The molecule has 0 bridgehead atoms. The van der Waals surface area contributed by atoms with Gasteiger partial charge >= 0.3 is 12.9 Å². The molecule has 0 unspecified atom stereocenters. The molecule has 80 valence electrons. The molecule has 1 N–H and O–H groups in total. The summed E-state index contributed by atoms with van der Waals surface area (Å²) < 4.78 is 5.48. The van der Waals surface area contributed by atoms with Gasteiger partial charge in [-0.2, -0.15) is 0 Å². The number of carboxylic acids is 1. The number of thioether (sulfide) groups is 1. The van der Waals surface area contributed by atoms with Gasteiger partial charge in [-0.05, 0) is 17.1 Å². The van der Waals surface area contributed by atoms with Crippen LogP contribution < -0.4 is 5.46 Å². The standard InChI is InChI=1S/C10H11BO3S.Rf/c1-11-9-4-8(15-6-10(12)13)3-2-7(9)5-14-11;/h2-4H,5-6H2,1H3,(H,12,13);. The Hall–Kier alpha value is -1.94. The minimum atomic E-state index is -0.787. The number of fused-ring (bicyclic) bond motifs is 1. The monoisotopic (exact) mass is 489 g/mol. The zero-order valence-electron chi connectivity index (χ0n) is 9.10. The van der Waals surface area contributed by atoms with Crippen molar-refractivity contribution in [1.29, 1.82) is 0 Å². The molecule has 0 fully saturated rings. The van der Waals surface area contributed by atoms with Crippen LogP contribution in [0.25, 0.3) is 0 Å². The van der Waals surface area contributed by atoms with Gasteiger partial charge in [-0.3, -0.25) is 4.79 Å². The third-order valence-corrected chi connectivity index (χ3v) is 3.39. The number of aliphatic carboxylic acids is 1. The summed E-state index contributed by atoms with van der Waals surface area (Å²) in [6, 6.07) is 6.00. The number of benzene rings is 1. The van der Waals surface area contributed by atoms with E-state index >= 15 is 0 Å². The molecule has 3 nitrogen and oxygen atoms in total. The van der Waals surface area contributed by atoms with Crippen LogP contribution in [-0.4, -0.2) is 23.7 Å². The average Bonchev–Trinajstić information content (AvgIpc) is 2.57. The van der Waals surface area contributed by atoms with E-state index in [9.17, 15) is 4.79 Å². The molecule has 1 aromatic carbocycles. The number of hydrogen-bond donors (Lipinski definition) is 1. The smallest absolute Gasteiger partial charge is 0.324 e. The summed E-state index contributed by atoms with van der Waals surface area (Å²) >= 11 is 1.34. The molecule has 0 amide bonds. The fraction of sp³-hybridized carbons (Fsp3) is 0.300. The second kappa shape index (κ2) is 4.72. The van der Waals surface area contributed by atoms with E-state index in [0.29, 0.717) is 6.61 Å². The Morgan fingerprint density at radius 3 is 3.06 bits per heavy atom. The van der Waals surface area contributed by atoms with Crippen LogP contribution in [0.2, 0.25) is 6.82 Å². The van der Waals surface area contributed by atoms with Crippen molar-refractivity contribution >= 4 is 30.1 Å². The molecule has 0 spiro atoms. The van der Waals surface area contributed by atoms with Gasteiger partial charge < -0.3 is 9.76 Å². The minimum Gasteiger partial charge on any atom is -0.481 e. The van der Waals surface area contributed by atoms with Gasteiger partial charge in [-0.1, -0.05) is 19.0 Å². The van der Waals surface area contributed by atoms with E-state index in [2.05, 4.69) is 0 Å². The average molecular weight is 489 g/mol. The van der Waals surface area contributed by atoms with Gasteiger partial charge in [0.1, 0.15) is 0 Å². The molecular weight excluding hydrogens is 478 g/mol. The molecule has 1 aromatic rings. The summed E-state index contributed by atoms with van der Waals surface area (Å²) in [6.07, 6.45) is 0. The molecule has 0 aromatic heterocycles. The fourth-order valence-electron chi connectivity index (χ4n) is 1.62. The van der Waals surface area contributed by atoms with Crippen molar-refractivity contribution in [2.75, 3.05) is 5.75 Å². The first kappa shape index (κ1) is 12.1. The normalized spacial score (nSPS) is 13.2. The summed E-state index contributed by atoms with van der Waals surface area (Å²) in [7, 11) is 0. The Bertz CT molecular complexity index is 400. The maximum absolute atomic E-state index is 10.4. The first-order chi connectivity index (χ1) is 7.16. The maximum Gasteiger partial charge on any atom is 0.324 e. The Kier molecular flexibility index (Phi) is 3.58. The first-order valence-corrected chi connectivity index (χ1v) is 5.74. The third-order valence-electron chi connectivity index (χ3n) is 2.41. The van der Waals surface area contributed by atoms with Crippen LogP contribution in [0.4, 0.5) is 0 Å². The predicted octanol–water partition coefficient (Wildman–Crippen LogP) is 1.22. The number of carboxylic acid groups (broad SMARTS) is 1. The quantitative estimate of drug-likeness (QED) is 0.513. The molecule has 0 aliphatic carbocycles.